The van der Waals surface area contributed by atoms with Crippen molar-refractivity contribution >= 4 is 17.9 Å². The second kappa shape index (κ2) is 43.9. The van der Waals surface area contributed by atoms with Crippen molar-refractivity contribution in [1.29, 1.82) is 0 Å². The first-order chi connectivity index (χ1) is 26.5. The number of esters is 3. The summed E-state index contributed by atoms with van der Waals surface area (Å²) in [5, 5.41) is 0. The van der Waals surface area contributed by atoms with Gasteiger partial charge in [0, 0.05) is 19.3 Å². The summed E-state index contributed by atoms with van der Waals surface area (Å²) in [5.41, 5.74) is 0. The van der Waals surface area contributed by atoms with E-state index in [9.17, 15) is 14.4 Å². The fourth-order valence-electron chi connectivity index (χ4n) is 6.91. The van der Waals surface area contributed by atoms with E-state index in [1.165, 1.54) is 154 Å². The van der Waals surface area contributed by atoms with Crippen LogP contribution in [0.25, 0.3) is 0 Å². The van der Waals surface area contributed by atoms with E-state index in [-0.39, 0.29) is 31.1 Å². The van der Waals surface area contributed by atoms with Crippen LogP contribution < -0.4 is 0 Å². The molecule has 54 heavy (non-hydrogen) atoms. The molecule has 6 nitrogen and oxygen atoms in total. The van der Waals surface area contributed by atoms with Crippen molar-refractivity contribution in [1.82, 2.24) is 0 Å². The van der Waals surface area contributed by atoms with Crippen LogP contribution in [0.3, 0.4) is 0 Å². The molecule has 0 aliphatic heterocycles. The zero-order valence-corrected chi connectivity index (χ0v) is 36.3. The van der Waals surface area contributed by atoms with E-state index < -0.39 is 6.10 Å². The first kappa shape index (κ1) is 52.2. The molecular formula is C48H90O6. The molecule has 318 valence electrons. The molecule has 0 saturated heterocycles. The standard InChI is InChI=1S/C48H90O6/c1-4-7-10-13-16-19-22-24-26-29-32-35-38-41-47(50)53-44-45(43-52-46(49)40-37-34-31-28-21-18-15-12-9-6-3)54-48(51)42-39-36-33-30-27-25-23-20-17-14-11-8-5-2/h19,22,45H,4-18,20-21,23-44H2,1-3H3/b22-19-/t45-/m1/s1. The largest absolute Gasteiger partial charge is 0.462 e. The molecule has 0 rings (SSSR count). The fraction of sp³-hybridized carbons (Fsp3) is 0.896. The molecule has 0 aromatic rings. The highest BCUT2D eigenvalue weighted by atomic mass is 16.6. The van der Waals surface area contributed by atoms with E-state index in [4.69, 9.17) is 14.2 Å². The topological polar surface area (TPSA) is 78.9 Å². The number of carbonyl (C=O) groups excluding carboxylic acids is 3. The fourth-order valence-corrected chi connectivity index (χ4v) is 6.91. The Labute approximate surface area is 335 Å². The van der Waals surface area contributed by atoms with Crippen LogP contribution in [0.1, 0.15) is 258 Å². The van der Waals surface area contributed by atoms with Crippen LogP contribution in [-0.2, 0) is 28.6 Å². The van der Waals surface area contributed by atoms with Crippen molar-refractivity contribution in [3.05, 3.63) is 12.2 Å². The number of allylic oxidation sites excluding steroid dienone is 2. The highest BCUT2D eigenvalue weighted by Gasteiger charge is 2.19. The highest BCUT2D eigenvalue weighted by Crippen LogP contribution is 2.15. The Kier molecular flexibility index (Phi) is 42.4. The van der Waals surface area contributed by atoms with Crippen molar-refractivity contribution in [3.8, 4) is 0 Å². The Bertz CT molecular complexity index is 839. The van der Waals surface area contributed by atoms with Crippen LogP contribution in [0.15, 0.2) is 12.2 Å². The van der Waals surface area contributed by atoms with Gasteiger partial charge in [-0.05, 0) is 44.9 Å². The van der Waals surface area contributed by atoms with E-state index in [1.807, 2.05) is 0 Å². The lowest BCUT2D eigenvalue weighted by atomic mass is 10.0. The number of ether oxygens (including phenoxy) is 3. The minimum absolute atomic E-state index is 0.0681. The maximum Gasteiger partial charge on any atom is 0.306 e. The minimum atomic E-state index is -0.764. The Morgan fingerprint density at radius 2 is 0.611 bits per heavy atom. The van der Waals surface area contributed by atoms with E-state index in [0.29, 0.717) is 19.3 Å². The summed E-state index contributed by atoms with van der Waals surface area (Å²) in [6.45, 7) is 6.62. The highest BCUT2D eigenvalue weighted by molar-refractivity contribution is 5.71. The van der Waals surface area contributed by atoms with Crippen molar-refractivity contribution in [3.63, 3.8) is 0 Å². The van der Waals surface area contributed by atoms with Crippen LogP contribution in [0.4, 0.5) is 0 Å². The summed E-state index contributed by atoms with van der Waals surface area (Å²) in [7, 11) is 0. The molecule has 0 bridgehead atoms. The number of carbonyl (C=O) groups is 3. The molecule has 0 amide bonds. The summed E-state index contributed by atoms with van der Waals surface area (Å²) in [6, 6.07) is 0. The molecule has 0 aliphatic rings. The molecule has 0 aromatic heterocycles. The van der Waals surface area contributed by atoms with Gasteiger partial charge in [0.05, 0.1) is 0 Å². The first-order valence-electron chi connectivity index (χ1n) is 23.7. The van der Waals surface area contributed by atoms with Crippen molar-refractivity contribution in [2.45, 2.75) is 264 Å². The van der Waals surface area contributed by atoms with Gasteiger partial charge in [0.25, 0.3) is 0 Å². The van der Waals surface area contributed by atoms with Crippen molar-refractivity contribution < 1.29 is 28.6 Å². The third kappa shape index (κ3) is 41.3. The SMILES string of the molecule is CCCCCC/C=C\CCCCCCCC(=O)OC[C@@H](COC(=O)CCCCCCCCCCCC)OC(=O)CCCCCCCCCCCCCCC. The predicted molar refractivity (Wildman–Crippen MR) is 229 cm³/mol. The normalized spacial score (nSPS) is 12.0. The van der Waals surface area contributed by atoms with Gasteiger partial charge < -0.3 is 14.2 Å². The molecule has 1 atom stereocenters. The van der Waals surface area contributed by atoms with Crippen LogP contribution in [0, 0.1) is 0 Å². The zero-order valence-electron chi connectivity index (χ0n) is 36.3. The van der Waals surface area contributed by atoms with Gasteiger partial charge in [-0.1, -0.05) is 206 Å². The van der Waals surface area contributed by atoms with Gasteiger partial charge in [-0.15, -0.1) is 0 Å². The molecule has 6 heteroatoms. The van der Waals surface area contributed by atoms with Gasteiger partial charge in [-0.2, -0.15) is 0 Å². The molecule has 0 fully saturated rings. The number of unbranched alkanes of at least 4 members (excludes halogenated alkanes) is 30. The second-order valence-corrected chi connectivity index (χ2v) is 16.0. The molecule has 0 spiro atoms. The second-order valence-electron chi connectivity index (χ2n) is 16.0. The smallest absolute Gasteiger partial charge is 0.306 e. The molecule has 0 unspecified atom stereocenters. The molecule has 0 aliphatic carbocycles. The van der Waals surface area contributed by atoms with Gasteiger partial charge in [-0.3, -0.25) is 14.4 Å². The lowest BCUT2D eigenvalue weighted by Crippen LogP contribution is -2.30. The number of hydrogen-bond acceptors (Lipinski definition) is 6. The summed E-state index contributed by atoms with van der Waals surface area (Å²) in [6.07, 6.45) is 46.1. The van der Waals surface area contributed by atoms with Crippen molar-refractivity contribution in [2.75, 3.05) is 13.2 Å². The molecule has 0 saturated carbocycles. The van der Waals surface area contributed by atoms with Gasteiger partial charge >= 0.3 is 17.9 Å². The van der Waals surface area contributed by atoms with E-state index in [1.54, 1.807) is 0 Å². The van der Waals surface area contributed by atoms with E-state index >= 15 is 0 Å². The lowest BCUT2D eigenvalue weighted by Gasteiger charge is -2.18. The van der Waals surface area contributed by atoms with Gasteiger partial charge in [-0.25, -0.2) is 0 Å². The first-order valence-corrected chi connectivity index (χ1v) is 23.7. The Morgan fingerprint density at radius 3 is 0.944 bits per heavy atom. The molecule has 0 N–H and O–H groups in total. The zero-order chi connectivity index (χ0) is 39.4. The average molecular weight is 763 g/mol. The quantitative estimate of drug-likeness (QED) is 0.0266. The Morgan fingerprint density at radius 1 is 0.352 bits per heavy atom. The van der Waals surface area contributed by atoms with Gasteiger partial charge in [0.2, 0.25) is 0 Å². The van der Waals surface area contributed by atoms with Crippen LogP contribution in [0.5, 0.6) is 0 Å². The third-order valence-electron chi connectivity index (χ3n) is 10.5. The summed E-state index contributed by atoms with van der Waals surface area (Å²) >= 11 is 0. The Hall–Kier alpha value is -1.85. The maximum absolute atomic E-state index is 12.7. The minimum Gasteiger partial charge on any atom is -0.462 e. The molecular weight excluding hydrogens is 673 g/mol. The monoisotopic (exact) mass is 763 g/mol. The molecule has 0 aromatic carbocycles. The predicted octanol–water partition coefficient (Wildman–Crippen LogP) is 15.0. The van der Waals surface area contributed by atoms with Crippen LogP contribution in [0.2, 0.25) is 0 Å². The van der Waals surface area contributed by atoms with Crippen LogP contribution in [-0.4, -0.2) is 37.2 Å². The van der Waals surface area contributed by atoms with Crippen LogP contribution >= 0.6 is 0 Å². The van der Waals surface area contributed by atoms with E-state index in [2.05, 4.69) is 32.9 Å². The summed E-state index contributed by atoms with van der Waals surface area (Å²) in [4.78, 5) is 37.7. The van der Waals surface area contributed by atoms with Gasteiger partial charge in [0.15, 0.2) is 6.10 Å². The average Bonchev–Trinajstić information content (AvgIpc) is 3.17. The summed E-state index contributed by atoms with van der Waals surface area (Å²) in [5.74, 6) is -0.868. The summed E-state index contributed by atoms with van der Waals surface area (Å²) < 4.78 is 16.7. The Balaban J connectivity index is 4.34. The van der Waals surface area contributed by atoms with Gasteiger partial charge in [0.1, 0.15) is 13.2 Å². The number of rotatable bonds is 43. The molecule has 0 heterocycles. The third-order valence-corrected chi connectivity index (χ3v) is 10.5. The van der Waals surface area contributed by atoms with E-state index in [0.717, 1.165) is 64.2 Å². The maximum atomic E-state index is 12.7. The number of hydrogen-bond donors (Lipinski definition) is 0. The lowest BCUT2D eigenvalue weighted by molar-refractivity contribution is -0.167. The van der Waals surface area contributed by atoms with Crippen molar-refractivity contribution in [2.24, 2.45) is 0 Å². The molecule has 0 radical (unpaired) electrons.